The Bertz CT molecular complexity index is 304. The van der Waals surface area contributed by atoms with Gasteiger partial charge in [0.1, 0.15) is 29.3 Å². The molecular weight excluding hydrogens is 262 g/mol. The van der Waals surface area contributed by atoms with Crippen molar-refractivity contribution in [3.63, 3.8) is 0 Å². The smallest absolute Gasteiger partial charge is 0.190 e. The van der Waals surface area contributed by atoms with Crippen LogP contribution in [0.3, 0.4) is 0 Å². The minimum absolute atomic E-state index is 0.00196. The molecule has 0 bridgehead atoms. The second-order valence-electron chi connectivity index (χ2n) is 4.32. The van der Waals surface area contributed by atoms with Gasteiger partial charge in [-0.25, -0.2) is 0 Å². The van der Waals surface area contributed by atoms with E-state index in [0.29, 0.717) is 0 Å². The molecule has 1 fully saturated rings. The minimum Gasteiger partial charge on any atom is -0.484 e. The number of ether oxygens (including phenoxy) is 2. The molecule has 5 N–H and O–H groups in total. The van der Waals surface area contributed by atoms with Crippen LogP contribution in [0.4, 0.5) is 0 Å². The van der Waals surface area contributed by atoms with Gasteiger partial charge in [-0.3, -0.25) is 5.41 Å². The van der Waals surface area contributed by atoms with Crippen LogP contribution in [-0.4, -0.2) is 75.1 Å². The van der Waals surface area contributed by atoms with Crippen LogP contribution in [0, 0.1) is 5.41 Å². The first-order chi connectivity index (χ1) is 8.35. The first kappa shape index (κ1) is 15.7. The molecule has 1 rings (SSSR count). The zero-order valence-electron chi connectivity index (χ0n) is 10.2. The Balaban J connectivity index is 2.70. The van der Waals surface area contributed by atoms with Gasteiger partial charge in [-0.1, -0.05) is 0 Å². The van der Waals surface area contributed by atoms with Gasteiger partial charge in [0.15, 0.2) is 5.90 Å². The van der Waals surface area contributed by atoms with Gasteiger partial charge >= 0.3 is 0 Å². The van der Waals surface area contributed by atoms with Gasteiger partial charge < -0.3 is 29.9 Å². The van der Waals surface area contributed by atoms with Gasteiger partial charge in [0.25, 0.3) is 0 Å². The molecule has 2 unspecified atom stereocenters. The van der Waals surface area contributed by atoms with E-state index >= 15 is 0 Å². The van der Waals surface area contributed by atoms with Crippen LogP contribution in [0.2, 0.25) is 0 Å². The average molecular weight is 281 g/mol. The second-order valence-corrected chi connectivity index (χ2v) is 5.41. The van der Waals surface area contributed by atoms with Crippen LogP contribution in [0.5, 0.6) is 0 Å². The number of nitrogens with one attached hydrogen (secondary N) is 1. The normalized spacial score (nSPS) is 40.6. The van der Waals surface area contributed by atoms with E-state index in [1.165, 1.54) is 14.0 Å². The van der Waals surface area contributed by atoms with Gasteiger partial charge in [0, 0.05) is 0 Å². The number of aliphatic hydroxyl groups excluding tert-OH is 4. The lowest BCUT2D eigenvalue weighted by atomic mass is 9.89. The SMILES string of the molecule is COC(=N)CS[C@@H]1OC(C)(CO)[C@@H](O)[C@@H](O)C1O. The van der Waals surface area contributed by atoms with Crippen molar-refractivity contribution in [3.05, 3.63) is 0 Å². The molecule has 0 aromatic carbocycles. The lowest BCUT2D eigenvalue weighted by Crippen LogP contribution is -2.63. The zero-order valence-corrected chi connectivity index (χ0v) is 11.1. The van der Waals surface area contributed by atoms with E-state index < -0.39 is 36.0 Å². The summed E-state index contributed by atoms with van der Waals surface area (Å²) in [7, 11) is 1.36. The number of hydrogen-bond donors (Lipinski definition) is 5. The van der Waals surface area contributed by atoms with E-state index in [1.807, 2.05) is 0 Å². The lowest BCUT2D eigenvalue weighted by molar-refractivity contribution is -0.249. The summed E-state index contributed by atoms with van der Waals surface area (Å²) < 4.78 is 10.1. The van der Waals surface area contributed by atoms with E-state index in [1.54, 1.807) is 0 Å². The fourth-order valence-electron chi connectivity index (χ4n) is 1.59. The van der Waals surface area contributed by atoms with Crippen molar-refractivity contribution in [2.45, 2.75) is 36.3 Å². The maximum Gasteiger partial charge on any atom is 0.190 e. The third-order valence-electron chi connectivity index (χ3n) is 2.90. The summed E-state index contributed by atoms with van der Waals surface area (Å²) in [5, 5.41) is 45.8. The third kappa shape index (κ3) is 3.14. The Labute approximate surface area is 109 Å². The molecule has 1 saturated heterocycles. The van der Waals surface area contributed by atoms with Crippen molar-refractivity contribution >= 4 is 17.7 Å². The summed E-state index contributed by atoms with van der Waals surface area (Å²) >= 11 is 1.06. The van der Waals surface area contributed by atoms with Crippen LogP contribution in [-0.2, 0) is 9.47 Å². The van der Waals surface area contributed by atoms with Crippen molar-refractivity contribution < 1.29 is 29.9 Å². The molecule has 1 aliphatic heterocycles. The molecule has 0 spiro atoms. The summed E-state index contributed by atoms with van der Waals surface area (Å²) in [6.07, 6.45) is -4.09. The van der Waals surface area contributed by atoms with Crippen molar-refractivity contribution in [2.24, 2.45) is 0 Å². The average Bonchev–Trinajstić information content (AvgIpc) is 2.38. The van der Waals surface area contributed by atoms with Crippen molar-refractivity contribution in [1.82, 2.24) is 0 Å². The standard InChI is InChI=1S/C10H19NO6S/c1-10(4-12)8(15)6(13)7(14)9(17-10)18-3-5(11)16-2/h6-9,11-15H,3-4H2,1-2H3/t6-,7?,8-,9-,10?/m0/s1. The zero-order chi connectivity index (χ0) is 13.9. The number of hydrogen-bond acceptors (Lipinski definition) is 8. The summed E-state index contributed by atoms with van der Waals surface area (Å²) in [5.41, 5.74) is -2.19. The predicted molar refractivity (Wildman–Crippen MR) is 65.6 cm³/mol. The first-order valence-corrected chi connectivity index (χ1v) is 6.46. The lowest BCUT2D eigenvalue weighted by Gasteiger charge is -2.46. The molecule has 0 saturated carbocycles. The summed E-state index contributed by atoms with van der Waals surface area (Å²) in [6.45, 7) is 0.957. The Hall–Kier alpha value is -0.380. The monoisotopic (exact) mass is 281 g/mol. The van der Waals surface area contributed by atoms with Crippen LogP contribution < -0.4 is 0 Å². The van der Waals surface area contributed by atoms with Crippen LogP contribution in [0.15, 0.2) is 0 Å². The molecule has 1 aliphatic rings. The van der Waals surface area contributed by atoms with E-state index in [-0.39, 0.29) is 11.7 Å². The molecule has 7 nitrogen and oxygen atoms in total. The highest BCUT2D eigenvalue weighted by Crippen LogP contribution is 2.34. The maximum absolute atomic E-state index is 9.77. The van der Waals surface area contributed by atoms with Crippen molar-refractivity contribution in [3.8, 4) is 0 Å². The van der Waals surface area contributed by atoms with E-state index in [0.717, 1.165) is 11.8 Å². The highest BCUT2D eigenvalue weighted by Gasteiger charge is 2.50. The van der Waals surface area contributed by atoms with E-state index in [4.69, 9.17) is 10.1 Å². The summed E-state index contributed by atoms with van der Waals surface area (Å²) in [4.78, 5) is 0. The van der Waals surface area contributed by atoms with Crippen molar-refractivity contribution in [2.75, 3.05) is 19.5 Å². The first-order valence-electron chi connectivity index (χ1n) is 5.41. The predicted octanol–water partition coefficient (Wildman–Crippen LogP) is -1.47. The Morgan fingerprint density at radius 2 is 2.00 bits per heavy atom. The molecule has 0 aliphatic carbocycles. The Morgan fingerprint density at radius 1 is 1.39 bits per heavy atom. The number of thioether (sulfide) groups is 1. The van der Waals surface area contributed by atoms with E-state index in [9.17, 15) is 20.4 Å². The molecule has 18 heavy (non-hydrogen) atoms. The molecule has 8 heteroatoms. The molecule has 0 aromatic heterocycles. The number of aliphatic hydroxyl groups is 4. The second kappa shape index (κ2) is 6.18. The number of methoxy groups -OCH3 is 1. The molecule has 0 radical (unpaired) electrons. The third-order valence-corrected chi connectivity index (χ3v) is 4.03. The Morgan fingerprint density at radius 3 is 2.50 bits per heavy atom. The van der Waals surface area contributed by atoms with Crippen LogP contribution in [0.1, 0.15) is 6.92 Å². The summed E-state index contributed by atoms with van der Waals surface area (Å²) in [5.74, 6) is 0.157. The highest BCUT2D eigenvalue weighted by atomic mass is 32.2. The molecule has 5 atom stereocenters. The largest absolute Gasteiger partial charge is 0.484 e. The van der Waals surface area contributed by atoms with Gasteiger partial charge in [0.05, 0.1) is 19.5 Å². The van der Waals surface area contributed by atoms with E-state index in [2.05, 4.69) is 4.74 Å². The number of rotatable bonds is 4. The molecular formula is C10H19NO6S. The minimum atomic E-state index is -1.41. The summed E-state index contributed by atoms with van der Waals surface area (Å²) in [6, 6.07) is 0. The van der Waals surface area contributed by atoms with Gasteiger partial charge in [-0.2, -0.15) is 0 Å². The van der Waals surface area contributed by atoms with Gasteiger partial charge in [0.2, 0.25) is 0 Å². The molecule has 1 heterocycles. The molecule has 0 aromatic rings. The van der Waals surface area contributed by atoms with Crippen LogP contribution in [0.25, 0.3) is 0 Å². The van der Waals surface area contributed by atoms with Gasteiger partial charge in [-0.15, -0.1) is 11.8 Å². The van der Waals surface area contributed by atoms with Crippen molar-refractivity contribution in [1.29, 1.82) is 5.41 Å². The topological polar surface area (TPSA) is 123 Å². The maximum atomic E-state index is 9.77. The van der Waals surface area contributed by atoms with Crippen LogP contribution >= 0.6 is 11.8 Å². The van der Waals surface area contributed by atoms with Gasteiger partial charge in [-0.05, 0) is 6.92 Å². The molecule has 106 valence electrons. The fraction of sp³-hybridized carbons (Fsp3) is 0.900. The quantitative estimate of drug-likeness (QED) is 0.315. The highest BCUT2D eigenvalue weighted by molar-refractivity contribution is 8.00. The Kier molecular flexibility index (Phi) is 5.38. The fourth-order valence-corrected chi connectivity index (χ4v) is 2.67. The molecule has 0 amide bonds.